The van der Waals surface area contributed by atoms with Crippen LogP contribution in [0.1, 0.15) is 117 Å². The van der Waals surface area contributed by atoms with Crippen molar-refractivity contribution in [1.29, 1.82) is 0 Å². The highest BCUT2D eigenvalue weighted by Crippen LogP contribution is 2.47. The van der Waals surface area contributed by atoms with Gasteiger partial charge in [-0.3, -0.25) is 16.0 Å². The summed E-state index contributed by atoms with van der Waals surface area (Å²) in [4.78, 5) is 1.65. The second-order valence-corrected chi connectivity index (χ2v) is 20.2. The topological polar surface area (TPSA) is 36.1 Å². The van der Waals surface area contributed by atoms with Gasteiger partial charge in [0.15, 0.2) is 0 Å². The van der Waals surface area contributed by atoms with Crippen LogP contribution in [0.5, 0.6) is 0 Å². The predicted octanol–water partition coefficient (Wildman–Crippen LogP) is 13.5. The van der Waals surface area contributed by atoms with Gasteiger partial charge >= 0.3 is 0 Å². The van der Waals surface area contributed by atoms with E-state index in [1.807, 2.05) is 0 Å². The first kappa shape index (κ1) is 36.8. The molecule has 1 aliphatic heterocycles. The van der Waals surface area contributed by atoms with Gasteiger partial charge in [-0.05, 0) is 203 Å². The number of hydrogen-bond acceptors (Lipinski definition) is 4. The van der Waals surface area contributed by atoms with Gasteiger partial charge in [-0.25, -0.2) is 0 Å². The smallest absolute Gasteiger partial charge is 0.0864 e. The molecule has 6 aliphatic carbocycles. The van der Waals surface area contributed by atoms with Crippen molar-refractivity contribution in [2.45, 2.75) is 121 Å². The molecule has 4 heteroatoms. The number of benzene rings is 4. The zero-order chi connectivity index (χ0) is 38.9. The Morgan fingerprint density at radius 3 is 2.37 bits per heavy atom. The maximum absolute atomic E-state index is 4.16. The molecule has 0 radical (unpaired) electrons. The molecule has 6 unspecified atom stereocenters. The van der Waals surface area contributed by atoms with E-state index in [0.29, 0.717) is 11.8 Å². The van der Waals surface area contributed by atoms with Crippen LogP contribution in [0.2, 0.25) is 0 Å². The average Bonchev–Trinajstić information content (AvgIpc) is 3.67. The molecule has 300 valence electrons. The minimum absolute atomic E-state index is 0.0133. The molecule has 1 saturated carbocycles. The van der Waals surface area contributed by atoms with E-state index in [4.69, 9.17) is 0 Å². The molecule has 3 nitrogen and oxygen atoms in total. The normalized spacial score (nSPS) is 28.3. The number of fused-ring (bicyclic) bond motifs is 10. The molecule has 7 aliphatic rings. The summed E-state index contributed by atoms with van der Waals surface area (Å²) in [6.07, 6.45) is 40.5. The molecule has 59 heavy (non-hydrogen) atoms. The molecule has 5 aromatic rings. The van der Waals surface area contributed by atoms with Gasteiger partial charge < -0.3 is 0 Å². The Morgan fingerprint density at radius 1 is 0.593 bits per heavy atom. The van der Waals surface area contributed by atoms with E-state index in [0.717, 1.165) is 31.1 Å². The summed E-state index contributed by atoms with van der Waals surface area (Å²) >= 11 is 2.07. The standard InChI is InChI=1S/C55H59N3S/c1-3-13-34(14-4-1)35-23-25-37(26-24-35)54-56-53(36-15-5-2-6-16-36)57-55(58-54)41-31-46(52-45-22-12-11-20-43(45)42-19-9-10-21-44(42)49(52)32-41)40-27-28-50-47(30-40)48-29-38-17-7-8-18-39(38)33-51(48)59-50/h7,9-10,12,15,17,19,21-23,25-28,30-32,34-35,38-39,53-58H,1-6,8,11,13-14,16,18,20,24,29,33H2. The van der Waals surface area contributed by atoms with Crippen molar-refractivity contribution in [3.63, 3.8) is 0 Å². The number of nitrogens with one attached hydrogen (secondary N) is 3. The molecule has 4 aromatic carbocycles. The molecule has 12 rings (SSSR count). The van der Waals surface area contributed by atoms with Gasteiger partial charge in [0.2, 0.25) is 0 Å². The van der Waals surface area contributed by atoms with E-state index in [1.165, 1.54) is 154 Å². The van der Waals surface area contributed by atoms with Crippen LogP contribution in [0.15, 0.2) is 108 Å². The lowest BCUT2D eigenvalue weighted by Gasteiger charge is -2.42. The zero-order valence-corrected chi connectivity index (χ0v) is 35.4. The Morgan fingerprint density at radius 2 is 1.49 bits per heavy atom. The van der Waals surface area contributed by atoms with Crippen molar-refractivity contribution in [3.8, 4) is 11.1 Å². The van der Waals surface area contributed by atoms with E-state index in [9.17, 15) is 0 Å². The zero-order valence-electron chi connectivity index (χ0n) is 34.6. The third-order valence-electron chi connectivity index (χ3n) is 15.7. The fourth-order valence-electron chi connectivity index (χ4n) is 12.5. The van der Waals surface area contributed by atoms with Gasteiger partial charge in [0.05, 0.1) is 18.5 Å². The molecular weight excluding hydrogens is 735 g/mol. The maximum Gasteiger partial charge on any atom is 0.0864 e. The van der Waals surface area contributed by atoms with Gasteiger partial charge in [-0.15, -0.1) is 11.3 Å². The van der Waals surface area contributed by atoms with Crippen molar-refractivity contribution >= 4 is 49.0 Å². The minimum Gasteiger partial charge on any atom is -0.279 e. The van der Waals surface area contributed by atoms with Crippen LogP contribution in [0, 0.1) is 23.7 Å². The third-order valence-corrected chi connectivity index (χ3v) is 16.9. The molecule has 2 fully saturated rings. The van der Waals surface area contributed by atoms with Gasteiger partial charge in [-0.2, -0.15) is 0 Å². The number of allylic oxidation sites excluding steroid dienone is 6. The molecule has 0 spiro atoms. The quantitative estimate of drug-likeness (QED) is 0.123. The van der Waals surface area contributed by atoms with Crippen molar-refractivity contribution < 1.29 is 0 Å². The molecule has 1 saturated heterocycles. The van der Waals surface area contributed by atoms with Crippen molar-refractivity contribution in [2.24, 2.45) is 23.7 Å². The van der Waals surface area contributed by atoms with Gasteiger partial charge in [0, 0.05) is 9.58 Å². The molecular formula is C55H59N3S. The van der Waals surface area contributed by atoms with Crippen LogP contribution in [0.25, 0.3) is 48.8 Å². The van der Waals surface area contributed by atoms with Crippen molar-refractivity contribution in [1.82, 2.24) is 16.0 Å². The van der Waals surface area contributed by atoms with Crippen molar-refractivity contribution in [3.05, 3.63) is 135 Å². The predicted molar refractivity (Wildman–Crippen MR) is 251 cm³/mol. The lowest BCUT2D eigenvalue weighted by Crippen LogP contribution is -2.64. The summed E-state index contributed by atoms with van der Waals surface area (Å²) in [5, 5.41) is 19.5. The van der Waals surface area contributed by atoms with Gasteiger partial charge in [0.1, 0.15) is 0 Å². The second-order valence-electron chi connectivity index (χ2n) is 19.1. The molecule has 3 N–H and O–H groups in total. The van der Waals surface area contributed by atoms with Crippen LogP contribution >= 0.6 is 11.3 Å². The largest absolute Gasteiger partial charge is 0.279 e. The molecule has 0 bridgehead atoms. The van der Waals surface area contributed by atoms with Crippen LogP contribution in [0.3, 0.4) is 0 Å². The minimum atomic E-state index is -0.0133. The average molecular weight is 794 g/mol. The summed E-state index contributed by atoms with van der Waals surface area (Å²) < 4.78 is 1.46. The first-order valence-electron chi connectivity index (χ1n) is 23.5. The first-order valence-corrected chi connectivity index (χ1v) is 24.3. The lowest BCUT2D eigenvalue weighted by atomic mass is 9.73. The molecule has 0 amide bonds. The highest BCUT2D eigenvalue weighted by atomic mass is 32.1. The van der Waals surface area contributed by atoms with Gasteiger partial charge in [0.25, 0.3) is 0 Å². The fourth-order valence-corrected chi connectivity index (χ4v) is 13.8. The Bertz CT molecular complexity index is 2610. The van der Waals surface area contributed by atoms with E-state index in [1.54, 1.807) is 10.4 Å². The van der Waals surface area contributed by atoms with E-state index in [-0.39, 0.29) is 18.5 Å². The summed E-state index contributed by atoms with van der Waals surface area (Å²) in [7, 11) is 0. The second kappa shape index (κ2) is 15.4. The number of aryl methyl sites for hydroxylation is 1. The van der Waals surface area contributed by atoms with E-state index in [2.05, 4.69) is 130 Å². The van der Waals surface area contributed by atoms with Crippen LogP contribution < -0.4 is 16.0 Å². The number of hydrogen-bond donors (Lipinski definition) is 3. The molecule has 6 atom stereocenters. The maximum atomic E-state index is 4.16. The Hall–Kier alpha value is -4.06. The van der Waals surface area contributed by atoms with Crippen molar-refractivity contribution in [2.75, 3.05) is 0 Å². The third kappa shape index (κ3) is 6.65. The number of thiophene rings is 1. The number of rotatable bonds is 5. The Kier molecular flexibility index (Phi) is 9.62. The van der Waals surface area contributed by atoms with E-state index < -0.39 is 0 Å². The monoisotopic (exact) mass is 793 g/mol. The van der Waals surface area contributed by atoms with Gasteiger partial charge in [-0.1, -0.05) is 98.2 Å². The van der Waals surface area contributed by atoms with Crippen LogP contribution in [-0.2, 0) is 19.3 Å². The highest BCUT2D eigenvalue weighted by molar-refractivity contribution is 7.19. The molecule has 1 aromatic heterocycles. The van der Waals surface area contributed by atoms with Crippen LogP contribution in [-0.4, -0.2) is 12.3 Å². The summed E-state index contributed by atoms with van der Waals surface area (Å²) in [6, 6.07) is 21.9. The van der Waals surface area contributed by atoms with Crippen LogP contribution in [0.4, 0.5) is 0 Å². The summed E-state index contributed by atoms with van der Waals surface area (Å²) in [5.41, 5.74) is 11.5. The SMILES string of the molecule is C1=Cc2c(c3ccccc3c3cc(C4NC(C5=CCC(C6CCCCC6)C=C5)NC(C5=CCCCC5)N4)cc(-c4ccc5sc6c(c5c4)CC4C=CCCC4C6)c23)CC1. The molecule has 2 heterocycles. The van der Waals surface area contributed by atoms with E-state index >= 15 is 0 Å². The Balaban J connectivity index is 0.998. The fraction of sp³-hybridized carbons (Fsp3) is 0.418. The lowest BCUT2D eigenvalue weighted by molar-refractivity contribution is 0.237. The Labute approximate surface area is 354 Å². The summed E-state index contributed by atoms with van der Waals surface area (Å²) in [5.74, 6) is 3.05. The first-order chi connectivity index (χ1) is 29.2. The highest BCUT2D eigenvalue weighted by Gasteiger charge is 2.35. The summed E-state index contributed by atoms with van der Waals surface area (Å²) in [6.45, 7) is 0.